The topological polar surface area (TPSA) is 69.7 Å². The summed E-state index contributed by atoms with van der Waals surface area (Å²) >= 11 is 0. The molecule has 0 N–H and O–H groups in total. The van der Waals surface area contributed by atoms with Crippen LogP contribution in [-0.2, 0) is 14.6 Å². The maximum atomic E-state index is 12.6. The Kier molecular flexibility index (Phi) is 3.01. The van der Waals surface area contributed by atoms with Crippen molar-refractivity contribution in [3.05, 3.63) is 23.8 Å². The number of alkyl halides is 3. The molecule has 1 aliphatic heterocycles. The van der Waals surface area contributed by atoms with Crippen LogP contribution in [0.4, 0.5) is 13.2 Å². The number of fused-ring (bicyclic) bond motifs is 1. The van der Waals surface area contributed by atoms with E-state index < -0.39 is 37.6 Å². The highest BCUT2D eigenvalue weighted by Crippen LogP contribution is 2.39. The fourth-order valence-corrected chi connectivity index (χ4v) is 2.67. The van der Waals surface area contributed by atoms with Crippen molar-refractivity contribution >= 4 is 15.8 Å². The van der Waals surface area contributed by atoms with Gasteiger partial charge in [-0.25, -0.2) is 13.2 Å². The Labute approximate surface area is 112 Å². The minimum atomic E-state index is -5.67. The summed E-state index contributed by atoms with van der Waals surface area (Å²) in [6, 6.07) is 2.95. The summed E-state index contributed by atoms with van der Waals surface area (Å²) in [5.74, 6) is -2.83. The number of hydrogen-bond donors (Lipinski definition) is 0. The van der Waals surface area contributed by atoms with Crippen molar-refractivity contribution in [1.29, 1.82) is 0 Å². The van der Waals surface area contributed by atoms with Gasteiger partial charge in [0.2, 0.25) is 5.79 Å². The lowest BCUT2D eigenvalue weighted by Gasteiger charge is -2.32. The van der Waals surface area contributed by atoms with Gasteiger partial charge in [-0.2, -0.15) is 13.2 Å². The summed E-state index contributed by atoms with van der Waals surface area (Å²) < 4.78 is 70.6. The first-order valence-corrected chi connectivity index (χ1v) is 6.81. The van der Waals surface area contributed by atoms with Gasteiger partial charge >= 0.3 is 11.5 Å². The molecule has 0 saturated carbocycles. The average Bonchev–Trinajstić information content (AvgIpc) is 2.24. The minimum Gasteiger partial charge on any atom is -0.452 e. The summed E-state index contributed by atoms with van der Waals surface area (Å²) in [6.07, 6.45) is 0. The van der Waals surface area contributed by atoms with E-state index in [1.165, 1.54) is 19.9 Å². The summed E-state index contributed by atoms with van der Waals surface area (Å²) in [4.78, 5) is 10.6. The molecule has 0 bridgehead atoms. The molecule has 1 heterocycles. The van der Waals surface area contributed by atoms with Crippen LogP contribution in [0.2, 0.25) is 0 Å². The van der Waals surface area contributed by atoms with Gasteiger partial charge in [-0.15, -0.1) is 0 Å². The molecule has 1 aromatic rings. The van der Waals surface area contributed by atoms with Crippen LogP contribution in [0.15, 0.2) is 23.1 Å². The first-order chi connectivity index (χ1) is 8.96. The number of carbonyl (C=O) groups is 1. The molecule has 110 valence electrons. The number of cyclic esters (lactones) is 1. The molecule has 0 radical (unpaired) electrons. The van der Waals surface area contributed by atoms with Crippen LogP contribution < -0.4 is 4.74 Å². The van der Waals surface area contributed by atoms with Crippen molar-refractivity contribution in [2.45, 2.75) is 30.0 Å². The summed E-state index contributed by atoms with van der Waals surface area (Å²) in [7, 11) is -5.67. The molecule has 1 aliphatic rings. The van der Waals surface area contributed by atoms with Gasteiger partial charge in [0.25, 0.3) is 9.84 Å². The Balaban J connectivity index is 2.70. The molecule has 0 aromatic heterocycles. The molecule has 2 rings (SSSR count). The van der Waals surface area contributed by atoms with E-state index in [0.29, 0.717) is 6.07 Å². The second kappa shape index (κ2) is 4.11. The number of ether oxygens (including phenoxy) is 2. The van der Waals surface area contributed by atoms with E-state index >= 15 is 0 Å². The van der Waals surface area contributed by atoms with E-state index in [2.05, 4.69) is 0 Å². The zero-order chi connectivity index (χ0) is 15.3. The number of carbonyl (C=O) groups excluding carboxylic acids is 1. The van der Waals surface area contributed by atoms with Crippen molar-refractivity contribution in [2.75, 3.05) is 0 Å². The maximum absolute atomic E-state index is 12.6. The zero-order valence-corrected chi connectivity index (χ0v) is 11.1. The molecule has 0 aliphatic carbocycles. The highest BCUT2D eigenvalue weighted by Gasteiger charge is 2.50. The summed E-state index contributed by atoms with van der Waals surface area (Å²) in [5, 5.41) is 0. The standard InChI is InChI=1S/C11H9F3O5S/c1-10(2)18-6-4-3-5-7(8(6)9(15)19-10)20(16,17)11(12,13)14/h3-5H,1-2H3. The highest BCUT2D eigenvalue weighted by atomic mass is 32.2. The predicted molar refractivity (Wildman–Crippen MR) is 59.8 cm³/mol. The van der Waals surface area contributed by atoms with Gasteiger partial charge < -0.3 is 9.47 Å². The van der Waals surface area contributed by atoms with Crippen molar-refractivity contribution in [3.8, 4) is 5.75 Å². The number of rotatable bonds is 1. The van der Waals surface area contributed by atoms with E-state index in [1.807, 2.05) is 0 Å². The largest absolute Gasteiger partial charge is 0.501 e. The molecule has 0 spiro atoms. The fraction of sp³-hybridized carbons (Fsp3) is 0.364. The lowest BCUT2D eigenvalue weighted by molar-refractivity contribution is -0.127. The van der Waals surface area contributed by atoms with Crippen LogP contribution >= 0.6 is 0 Å². The van der Waals surface area contributed by atoms with Gasteiger partial charge in [0, 0.05) is 13.8 Å². The minimum absolute atomic E-state index is 0.267. The smallest absolute Gasteiger partial charge is 0.452 e. The fourth-order valence-electron chi connectivity index (χ4n) is 1.71. The van der Waals surface area contributed by atoms with Crippen molar-refractivity contribution in [1.82, 2.24) is 0 Å². The van der Waals surface area contributed by atoms with E-state index in [0.717, 1.165) is 6.07 Å². The highest BCUT2D eigenvalue weighted by molar-refractivity contribution is 7.92. The molecule has 0 amide bonds. The van der Waals surface area contributed by atoms with E-state index in [9.17, 15) is 26.4 Å². The van der Waals surface area contributed by atoms with Gasteiger partial charge in [0.05, 0.1) is 4.90 Å². The number of halogens is 3. The molecule has 0 saturated heterocycles. The Morgan fingerprint density at radius 2 is 1.75 bits per heavy atom. The van der Waals surface area contributed by atoms with Gasteiger partial charge in [0.15, 0.2) is 0 Å². The maximum Gasteiger partial charge on any atom is 0.501 e. The third-order valence-electron chi connectivity index (χ3n) is 2.48. The second-order valence-corrected chi connectivity index (χ2v) is 6.38. The molecular weight excluding hydrogens is 301 g/mol. The molecule has 1 aromatic carbocycles. The monoisotopic (exact) mass is 310 g/mol. The lowest BCUT2D eigenvalue weighted by Crippen LogP contribution is -2.40. The van der Waals surface area contributed by atoms with Crippen LogP contribution in [-0.4, -0.2) is 25.7 Å². The van der Waals surface area contributed by atoms with Gasteiger partial charge in [0.1, 0.15) is 11.3 Å². The SMILES string of the molecule is CC1(C)OC(=O)c2c(cccc2S(=O)(=O)C(F)(F)F)O1. The van der Waals surface area contributed by atoms with Crippen LogP contribution in [0, 0.1) is 0 Å². The van der Waals surface area contributed by atoms with Crippen molar-refractivity contribution in [2.24, 2.45) is 0 Å². The Morgan fingerprint density at radius 3 is 2.30 bits per heavy atom. The molecular formula is C11H9F3O5S. The van der Waals surface area contributed by atoms with Crippen LogP contribution in [0.25, 0.3) is 0 Å². The summed E-state index contributed by atoms with van der Waals surface area (Å²) in [6.45, 7) is 2.75. The Bertz CT molecular complexity index is 676. The molecule has 20 heavy (non-hydrogen) atoms. The Morgan fingerprint density at radius 1 is 1.15 bits per heavy atom. The first kappa shape index (κ1) is 14.6. The molecule has 9 heteroatoms. The third-order valence-corrected chi connectivity index (χ3v) is 4.01. The van der Waals surface area contributed by atoms with Crippen LogP contribution in [0.1, 0.15) is 24.2 Å². The van der Waals surface area contributed by atoms with E-state index in [4.69, 9.17) is 9.47 Å². The zero-order valence-electron chi connectivity index (χ0n) is 10.3. The summed E-state index contributed by atoms with van der Waals surface area (Å²) in [5.41, 5.74) is -6.26. The van der Waals surface area contributed by atoms with Crippen LogP contribution in [0.5, 0.6) is 5.75 Å². The lowest BCUT2D eigenvalue weighted by atomic mass is 10.1. The van der Waals surface area contributed by atoms with Gasteiger partial charge in [-0.05, 0) is 12.1 Å². The van der Waals surface area contributed by atoms with Crippen LogP contribution in [0.3, 0.4) is 0 Å². The van der Waals surface area contributed by atoms with E-state index in [-0.39, 0.29) is 5.75 Å². The molecule has 0 atom stereocenters. The number of esters is 1. The van der Waals surface area contributed by atoms with Gasteiger partial charge in [-0.1, -0.05) is 6.07 Å². The van der Waals surface area contributed by atoms with Gasteiger partial charge in [-0.3, -0.25) is 0 Å². The molecule has 0 unspecified atom stereocenters. The number of benzene rings is 1. The Hall–Kier alpha value is -1.77. The number of sulfone groups is 1. The normalized spacial score (nSPS) is 17.9. The average molecular weight is 310 g/mol. The molecule has 0 fully saturated rings. The van der Waals surface area contributed by atoms with Crippen molar-refractivity contribution < 1.29 is 35.9 Å². The third kappa shape index (κ3) is 2.21. The second-order valence-electron chi connectivity index (χ2n) is 4.47. The van der Waals surface area contributed by atoms with Crippen molar-refractivity contribution in [3.63, 3.8) is 0 Å². The quantitative estimate of drug-likeness (QED) is 0.744. The number of hydrogen-bond acceptors (Lipinski definition) is 5. The predicted octanol–water partition coefficient (Wildman–Crippen LogP) is 2.27. The molecule has 5 nitrogen and oxygen atoms in total. The first-order valence-electron chi connectivity index (χ1n) is 5.32. The van der Waals surface area contributed by atoms with E-state index in [1.54, 1.807) is 0 Å².